The number of nitrogens with zero attached hydrogens (tertiary/aromatic N) is 2. The van der Waals surface area contributed by atoms with Crippen molar-refractivity contribution in [1.82, 2.24) is 9.97 Å². The second-order valence-corrected chi connectivity index (χ2v) is 4.47. The van der Waals surface area contributed by atoms with E-state index in [1.165, 1.54) is 6.20 Å². The molecule has 0 atom stereocenters. The summed E-state index contributed by atoms with van der Waals surface area (Å²) in [7, 11) is 0. The standard InChI is InChI=1S/C12H10BrClN2O/c13-5-6-17-10-3-1-9(2-4-10)11-7-15-8-12(14)16-11/h1-4,7-8H,5-6H2. The highest BCUT2D eigenvalue weighted by molar-refractivity contribution is 9.09. The maximum Gasteiger partial charge on any atom is 0.148 e. The second-order valence-electron chi connectivity index (χ2n) is 3.29. The van der Waals surface area contributed by atoms with Crippen LogP contribution in [-0.4, -0.2) is 21.9 Å². The molecule has 1 aromatic heterocycles. The number of hydrogen-bond donors (Lipinski definition) is 0. The molecule has 0 saturated heterocycles. The Morgan fingerprint density at radius 2 is 1.94 bits per heavy atom. The molecule has 88 valence electrons. The number of benzene rings is 1. The summed E-state index contributed by atoms with van der Waals surface area (Å²) in [6, 6.07) is 7.68. The predicted octanol–water partition coefficient (Wildman–Crippen LogP) is 3.57. The van der Waals surface area contributed by atoms with Crippen molar-refractivity contribution in [1.29, 1.82) is 0 Å². The van der Waals surface area contributed by atoms with Crippen LogP contribution in [0.2, 0.25) is 5.15 Å². The van der Waals surface area contributed by atoms with Crippen LogP contribution in [0.4, 0.5) is 0 Å². The summed E-state index contributed by atoms with van der Waals surface area (Å²) in [5, 5.41) is 1.20. The molecule has 0 fully saturated rings. The molecule has 1 heterocycles. The van der Waals surface area contributed by atoms with Crippen LogP contribution in [0.1, 0.15) is 0 Å². The molecule has 0 spiro atoms. The normalized spacial score (nSPS) is 10.2. The van der Waals surface area contributed by atoms with E-state index < -0.39 is 0 Å². The third-order valence-electron chi connectivity index (χ3n) is 2.10. The summed E-state index contributed by atoms with van der Waals surface area (Å²) in [6.45, 7) is 0.649. The van der Waals surface area contributed by atoms with Crippen LogP contribution >= 0.6 is 27.5 Å². The van der Waals surface area contributed by atoms with Gasteiger partial charge in [0.2, 0.25) is 0 Å². The van der Waals surface area contributed by atoms with Crippen LogP contribution in [0.25, 0.3) is 11.3 Å². The van der Waals surface area contributed by atoms with Crippen molar-refractivity contribution in [2.24, 2.45) is 0 Å². The molecule has 2 rings (SSSR count). The van der Waals surface area contributed by atoms with Crippen molar-refractivity contribution >= 4 is 27.5 Å². The monoisotopic (exact) mass is 312 g/mol. The first-order chi connectivity index (χ1) is 8.29. The number of ether oxygens (including phenoxy) is 1. The van der Waals surface area contributed by atoms with Crippen molar-refractivity contribution in [3.8, 4) is 17.0 Å². The number of alkyl halides is 1. The fraction of sp³-hybridized carbons (Fsp3) is 0.167. The Labute approximate surface area is 113 Å². The van der Waals surface area contributed by atoms with E-state index in [0.717, 1.165) is 22.3 Å². The third-order valence-corrected chi connectivity index (χ3v) is 2.61. The zero-order chi connectivity index (χ0) is 12.1. The molecular formula is C12H10BrClN2O. The largest absolute Gasteiger partial charge is 0.493 e. The van der Waals surface area contributed by atoms with Crippen molar-refractivity contribution in [2.75, 3.05) is 11.9 Å². The molecule has 0 aliphatic heterocycles. The first-order valence-electron chi connectivity index (χ1n) is 5.06. The quantitative estimate of drug-likeness (QED) is 0.809. The minimum atomic E-state index is 0.391. The van der Waals surface area contributed by atoms with Gasteiger partial charge in [-0.05, 0) is 24.3 Å². The first-order valence-corrected chi connectivity index (χ1v) is 6.56. The minimum absolute atomic E-state index is 0.391. The van der Waals surface area contributed by atoms with Crippen LogP contribution in [-0.2, 0) is 0 Å². The lowest BCUT2D eigenvalue weighted by atomic mass is 10.1. The van der Waals surface area contributed by atoms with E-state index in [9.17, 15) is 0 Å². The average molecular weight is 314 g/mol. The molecule has 0 radical (unpaired) electrons. The van der Waals surface area contributed by atoms with Gasteiger partial charge in [0.15, 0.2) is 0 Å². The minimum Gasteiger partial charge on any atom is -0.493 e. The summed E-state index contributed by atoms with van der Waals surface area (Å²) in [4.78, 5) is 8.19. The van der Waals surface area contributed by atoms with Crippen LogP contribution < -0.4 is 4.74 Å². The number of halogens is 2. The highest BCUT2D eigenvalue weighted by Crippen LogP contribution is 2.21. The molecule has 2 aromatic rings. The summed E-state index contributed by atoms with van der Waals surface area (Å²) in [5.74, 6) is 0.836. The van der Waals surface area contributed by atoms with Crippen LogP contribution in [0, 0.1) is 0 Å². The van der Waals surface area contributed by atoms with E-state index in [-0.39, 0.29) is 0 Å². The van der Waals surface area contributed by atoms with Crippen LogP contribution in [0.5, 0.6) is 5.75 Å². The molecule has 3 nitrogen and oxygen atoms in total. The summed E-state index contributed by atoms with van der Waals surface area (Å²) < 4.78 is 5.46. The van der Waals surface area contributed by atoms with Gasteiger partial charge in [0, 0.05) is 10.9 Å². The molecule has 1 aromatic carbocycles. The van der Waals surface area contributed by atoms with Gasteiger partial charge >= 0.3 is 0 Å². The Kier molecular flexibility index (Phi) is 4.34. The first kappa shape index (κ1) is 12.3. The topological polar surface area (TPSA) is 35.0 Å². The molecule has 0 amide bonds. The Morgan fingerprint density at radius 3 is 2.59 bits per heavy atom. The van der Waals surface area contributed by atoms with Gasteiger partial charge in [0.05, 0.1) is 24.7 Å². The van der Waals surface area contributed by atoms with E-state index in [1.807, 2.05) is 24.3 Å². The molecule has 5 heteroatoms. The lowest BCUT2D eigenvalue weighted by Crippen LogP contribution is -1.97. The van der Waals surface area contributed by atoms with E-state index in [4.69, 9.17) is 16.3 Å². The summed E-state index contributed by atoms with van der Waals surface area (Å²) in [6.07, 6.45) is 3.19. The number of rotatable bonds is 4. The van der Waals surface area contributed by atoms with E-state index >= 15 is 0 Å². The molecule has 0 bridgehead atoms. The maximum atomic E-state index is 5.79. The molecule has 0 saturated carbocycles. The molecule has 0 aliphatic rings. The molecule has 0 unspecified atom stereocenters. The highest BCUT2D eigenvalue weighted by Gasteiger charge is 2.01. The maximum absolute atomic E-state index is 5.79. The van der Waals surface area contributed by atoms with Gasteiger partial charge in [-0.25, -0.2) is 4.98 Å². The molecular weight excluding hydrogens is 304 g/mol. The Morgan fingerprint density at radius 1 is 1.18 bits per heavy atom. The van der Waals surface area contributed by atoms with Gasteiger partial charge in [-0.1, -0.05) is 27.5 Å². The van der Waals surface area contributed by atoms with Gasteiger partial charge in [-0.15, -0.1) is 0 Å². The molecule has 0 aliphatic carbocycles. The van der Waals surface area contributed by atoms with Gasteiger partial charge in [0.1, 0.15) is 10.9 Å². The SMILES string of the molecule is Clc1cncc(-c2ccc(OCCBr)cc2)n1. The predicted molar refractivity (Wildman–Crippen MR) is 71.8 cm³/mol. The van der Waals surface area contributed by atoms with E-state index in [2.05, 4.69) is 25.9 Å². The van der Waals surface area contributed by atoms with Gasteiger partial charge in [0.25, 0.3) is 0 Å². The average Bonchev–Trinajstić information content (AvgIpc) is 2.37. The second kappa shape index (κ2) is 5.98. The lowest BCUT2D eigenvalue weighted by Gasteiger charge is -2.05. The molecule has 0 N–H and O–H groups in total. The van der Waals surface area contributed by atoms with Crippen molar-refractivity contribution in [3.63, 3.8) is 0 Å². The van der Waals surface area contributed by atoms with Crippen LogP contribution in [0.3, 0.4) is 0 Å². The Hall–Kier alpha value is -1.13. The van der Waals surface area contributed by atoms with Crippen LogP contribution in [0.15, 0.2) is 36.7 Å². The van der Waals surface area contributed by atoms with Crippen molar-refractivity contribution in [3.05, 3.63) is 41.8 Å². The van der Waals surface area contributed by atoms with Gasteiger partial charge < -0.3 is 4.74 Å². The number of aromatic nitrogens is 2. The summed E-state index contributed by atoms with van der Waals surface area (Å²) >= 11 is 9.10. The van der Waals surface area contributed by atoms with E-state index in [0.29, 0.717) is 11.8 Å². The Balaban J connectivity index is 2.17. The Bertz CT molecular complexity index is 490. The van der Waals surface area contributed by atoms with E-state index in [1.54, 1.807) is 6.20 Å². The fourth-order valence-electron chi connectivity index (χ4n) is 1.36. The lowest BCUT2D eigenvalue weighted by molar-refractivity contribution is 0.345. The zero-order valence-corrected chi connectivity index (χ0v) is 11.3. The fourth-order valence-corrected chi connectivity index (χ4v) is 1.67. The third kappa shape index (κ3) is 3.41. The van der Waals surface area contributed by atoms with Crippen molar-refractivity contribution in [2.45, 2.75) is 0 Å². The smallest absolute Gasteiger partial charge is 0.148 e. The van der Waals surface area contributed by atoms with Gasteiger partial charge in [-0.2, -0.15) is 0 Å². The highest BCUT2D eigenvalue weighted by atomic mass is 79.9. The van der Waals surface area contributed by atoms with Gasteiger partial charge in [-0.3, -0.25) is 4.98 Å². The number of hydrogen-bond acceptors (Lipinski definition) is 3. The summed E-state index contributed by atoms with van der Waals surface area (Å²) in [5.41, 5.74) is 1.72. The zero-order valence-electron chi connectivity index (χ0n) is 8.94. The van der Waals surface area contributed by atoms with Crippen molar-refractivity contribution < 1.29 is 4.74 Å². The molecule has 17 heavy (non-hydrogen) atoms.